The van der Waals surface area contributed by atoms with E-state index in [9.17, 15) is 4.79 Å². The average molecular weight is 313 g/mol. The first-order valence-corrected chi connectivity index (χ1v) is 7.66. The quantitative estimate of drug-likeness (QED) is 0.855. The first kappa shape index (κ1) is 16.9. The molecule has 0 saturated carbocycles. The molecule has 2 aromatic rings. The Morgan fingerprint density at radius 2 is 1.78 bits per heavy atom. The van der Waals surface area contributed by atoms with Crippen molar-refractivity contribution in [1.82, 2.24) is 5.32 Å². The molecule has 0 aliphatic rings. The maximum atomic E-state index is 12.1. The fraction of sp³-hybridized carbons (Fsp3) is 0.316. The second-order valence-electron chi connectivity index (χ2n) is 5.39. The predicted molar refractivity (Wildman–Crippen MR) is 91.1 cm³/mol. The summed E-state index contributed by atoms with van der Waals surface area (Å²) in [4.78, 5) is 12.1. The van der Waals surface area contributed by atoms with Gasteiger partial charge >= 0.3 is 0 Å². The SMILES string of the molecule is COc1ccc(CCNC(=O)Cc2ccccc2OC)cc1C. The van der Waals surface area contributed by atoms with Gasteiger partial charge in [0.2, 0.25) is 5.91 Å². The van der Waals surface area contributed by atoms with Crippen molar-refractivity contribution in [2.75, 3.05) is 20.8 Å². The van der Waals surface area contributed by atoms with Crippen molar-refractivity contribution < 1.29 is 14.3 Å². The van der Waals surface area contributed by atoms with E-state index in [1.165, 1.54) is 5.56 Å². The Kier molecular flexibility index (Phi) is 6.03. The lowest BCUT2D eigenvalue weighted by Crippen LogP contribution is -2.27. The van der Waals surface area contributed by atoms with Crippen LogP contribution in [0.3, 0.4) is 0 Å². The molecule has 0 fully saturated rings. The molecular formula is C19H23NO3. The van der Waals surface area contributed by atoms with Gasteiger partial charge in [0, 0.05) is 12.1 Å². The summed E-state index contributed by atoms with van der Waals surface area (Å²) in [5, 5.41) is 2.95. The monoisotopic (exact) mass is 313 g/mol. The van der Waals surface area contributed by atoms with Crippen molar-refractivity contribution >= 4 is 5.91 Å². The minimum absolute atomic E-state index is 0.000247. The zero-order chi connectivity index (χ0) is 16.7. The van der Waals surface area contributed by atoms with Crippen LogP contribution in [-0.2, 0) is 17.6 Å². The largest absolute Gasteiger partial charge is 0.496 e. The zero-order valence-corrected chi connectivity index (χ0v) is 13.9. The molecule has 4 nitrogen and oxygen atoms in total. The molecule has 0 spiro atoms. The van der Waals surface area contributed by atoms with E-state index < -0.39 is 0 Å². The molecule has 0 saturated heterocycles. The number of aryl methyl sites for hydroxylation is 1. The first-order valence-electron chi connectivity index (χ1n) is 7.66. The number of benzene rings is 2. The smallest absolute Gasteiger partial charge is 0.224 e. The maximum Gasteiger partial charge on any atom is 0.224 e. The number of para-hydroxylation sites is 1. The number of hydrogen-bond donors (Lipinski definition) is 1. The second-order valence-corrected chi connectivity index (χ2v) is 5.39. The number of carbonyl (C=O) groups is 1. The van der Waals surface area contributed by atoms with Gasteiger partial charge in [0.1, 0.15) is 11.5 Å². The standard InChI is InChI=1S/C19H23NO3/c1-14-12-15(8-9-17(14)22-2)10-11-20-19(21)13-16-6-4-5-7-18(16)23-3/h4-9,12H,10-11,13H2,1-3H3,(H,20,21). The van der Waals surface area contributed by atoms with E-state index in [1.54, 1.807) is 14.2 Å². The minimum Gasteiger partial charge on any atom is -0.496 e. The highest BCUT2D eigenvalue weighted by Crippen LogP contribution is 2.19. The minimum atomic E-state index is -0.000247. The summed E-state index contributed by atoms with van der Waals surface area (Å²) in [6.45, 7) is 2.63. The first-order chi connectivity index (χ1) is 11.1. The molecule has 4 heteroatoms. The number of rotatable bonds is 7. The highest BCUT2D eigenvalue weighted by atomic mass is 16.5. The van der Waals surface area contributed by atoms with E-state index in [1.807, 2.05) is 43.3 Å². The Labute approximate surface area is 137 Å². The van der Waals surface area contributed by atoms with E-state index in [2.05, 4.69) is 11.4 Å². The van der Waals surface area contributed by atoms with Crippen LogP contribution in [0.1, 0.15) is 16.7 Å². The third-order valence-corrected chi connectivity index (χ3v) is 3.74. The third kappa shape index (κ3) is 4.74. The van der Waals surface area contributed by atoms with Gasteiger partial charge in [-0.25, -0.2) is 0 Å². The van der Waals surface area contributed by atoms with Gasteiger partial charge in [0.15, 0.2) is 0 Å². The molecule has 0 heterocycles. The number of amides is 1. The van der Waals surface area contributed by atoms with Crippen LogP contribution in [-0.4, -0.2) is 26.7 Å². The zero-order valence-electron chi connectivity index (χ0n) is 13.9. The van der Waals surface area contributed by atoms with E-state index in [-0.39, 0.29) is 5.91 Å². The number of ether oxygens (including phenoxy) is 2. The van der Waals surface area contributed by atoms with Crippen LogP contribution < -0.4 is 14.8 Å². The van der Waals surface area contributed by atoms with Crippen LogP contribution in [0.5, 0.6) is 11.5 Å². The van der Waals surface area contributed by atoms with Crippen molar-refractivity contribution in [3.05, 3.63) is 59.2 Å². The van der Waals surface area contributed by atoms with Gasteiger partial charge in [-0.05, 0) is 36.6 Å². The molecule has 23 heavy (non-hydrogen) atoms. The van der Waals surface area contributed by atoms with Crippen molar-refractivity contribution in [3.63, 3.8) is 0 Å². The lowest BCUT2D eigenvalue weighted by Gasteiger charge is -2.10. The van der Waals surface area contributed by atoms with Gasteiger partial charge in [-0.2, -0.15) is 0 Å². The number of nitrogens with one attached hydrogen (secondary N) is 1. The Hall–Kier alpha value is -2.49. The molecule has 2 rings (SSSR count). The number of methoxy groups -OCH3 is 2. The average Bonchev–Trinajstić information content (AvgIpc) is 2.55. The maximum absolute atomic E-state index is 12.1. The Bertz CT molecular complexity index is 667. The van der Waals surface area contributed by atoms with E-state index in [0.29, 0.717) is 13.0 Å². The van der Waals surface area contributed by atoms with E-state index >= 15 is 0 Å². The van der Waals surface area contributed by atoms with Crippen LogP contribution in [0.15, 0.2) is 42.5 Å². The van der Waals surface area contributed by atoms with Crippen molar-refractivity contribution in [2.24, 2.45) is 0 Å². The predicted octanol–water partition coefficient (Wildman–Crippen LogP) is 2.91. The Morgan fingerprint density at radius 1 is 1.04 bits per heavy atom. The van der Waals surface area contributed by atoms with Crippen LogP contribution in [0.2, 0.25) is 0 Å². The van der Waals surface area contributed by atoms with Crippen molar-refractivity contribution in [3.8, 4) is 11.5 Å². The normalized spacial score (nSPS) is 10.2. The number of carbonyl (C=O) groups excluding carboxylic acids is 1. The highest BCUT2D eigenvalue weighted by Gasteiger charge is 2.08. The fourth-order valence-electron chi connectivity index (χ4n) is 2.53. The van der Waals surface area contributed by atoms with Crippen LogP contribution in [0.25, 0.3) is 0 Å². The topological polar surface area (TPSA) is 47.6 Å². The van der Waals surface area contributed by atoms with Gasteiger partial charge in [-0.15, -0.1) is 0 Å². The number of hydrogen-bond acceptors (Lipinski definition) is 3. The molecule has 0 atom stereocenters. The fourth-order valence-corrected chi connectivity index (χ4v) is 2.53. The van der Waals surface area contributed by atoms with Crippen LogP contribution in [0, 0.1) is 6.92 Å². The second kappa shape index (κ2) is 8.22. The van der Waals surface area contributed by atoms with Gasteiger partial charge in [0.25, 0.3) is 0 Å². The lowest BCUT2D eigenvalue weighted by molar-refractivity contribution is -0.120. The van der Waals surface area contributed by atoms with Crippen LogP contribution in [0.4, 0.5) is 0 Å². The molecule has 0 radical (unpaired) electrons. The summed E-state index contributed by atoms with van der Waals surface area (Å²) in [5.74, 6) is 1.63. The van der Waals surface area contributed by atoms with Crippen molar-refractivity contribution in [2.45, 2.75) is 19.8 Å². The molecule has 0 aromatic heterocycles. The van der Waals surface area contributed by atoms with Gasteiger partial charge in [-0.3, -0.25) is 4.79 Å². The molecule has 0 aliphatic carbocycles. The molecular weight excluding hydrogens is 290 g/mol. The van der Waals surface area contributed by atoms with E-state index in [4.69, 9.17) is 9.47 Å². The highest BCUT2D eigenvalue weighted by molar-refractivity contribution is 5.79. The van der Waals surface area contributed by atoms with Gasteiger partial charge in [0.05, 0.1) is 20.6 Å². The summed E-state index contributed by atoms with van der Waals surface area (Å²) < 4.78 is 10.5. The molecule has 1 N–H and O–H groups in total. The molecule has 0 bridgehead atoms. The van der Waals surface area contributed by atoms with Crippen LogP contribution >= 0.6 is 0 Å². The van der Waals surface area contributed by atoms with Crippen molar-refractivity contribution in [1.29, 1.82) is 0 Å². The lowest BCUT2D eigenvalue weighted by atomic mass is 10.1. The molecule has 0 unspecified atom stereocenters. The summed E-state index contributed by atoms with van der Waals surface area (Å²) in [6.07, 6.45) is 1.12. The third-order valence-electron chi connectivity index (χ3n) is 3.74. The summed E-state index contributed by atoms with van der Waals surface area (Å²) in [7, 11) is 3.28. The molecule has 122 valence electrons. The van der Waals surface area contributed by atoms with E-state index in [0.717, 1.165) is 29.0 Å². The molecule has 0 aliphatic heterocycles. The Balaban J connectivity index is 1.84. The van der Waals surface area contributed by atoms with Gasteiger partial charge in [-0.1, -0.05) is 30.3 Å². The Morgan fingerprint density at radius 3 is 2.48 bits per heavy atom. The molecule has 1 amide bonds. The van der Waals surface area contributed by atoms with Gasteiger partial charge < -0.3 is 14.8 Å². The summed E-state index contributed by atoms with van der Waals surface area (Å²) in [6, 6.07) is 13.6. The molecule has 2 aromatic carbocycles. The summed E-state index contributed by atoms with van der Waals surface area (Å²) >= 11 is 0. The summed E-state index contributed by atoms with van der Waals surface area (Å²) in [5.41, 5.74) is 3.18.